The van der Waals surface area contributed by atoms with Gasteiger partial charge >= 0.3 is 5.97 Å². The molecule has 2 heterocycles. The van der Waals surface area contributed by atoms with E-state index < -0.39 is 0 Å². The summed E-state index contributed by atoms with van der Waals surface area (Å²) in [5.41, 5.74) is 3.72. The van der Waals surface area contributed by atoms with E-state index in [0.717, 1.165) is 41.8 Å². The van der Waals surface area contributed by atoms with E-state index in [9.17, 15) is 14.0 Å². The van der Waals surface area contributed by atoms with Gasteiger partial charge in [-0.3, -0.25) is 14.5 Å². The molecule has 33 heavy (non-hydrogen) atoms. The predicted molar refractivity (Wildman–Crippen MR) is 124 cm³/mol. The first-order valence-electron chi connectivity index (χ1n) is 11.6. The lowest BCUT2D eigenvalue weighted by atomic mass is 9.95. The third-order valence-corrected chi connectivity index (χ3v) is 6.38. The number of carbonyl (C=O) groups excluding carboxylic acids is 2. The summed E-state index contributed by atoms with van der Waals surface area (Å²) in [6.07, 6.45) is 2.20. The van der Waals surface area contributed by atoms with Crippen LogP contribution in [0.25, 0.3) is 0 Å². The van der Waals surface area contributed by atoms with E-state index in [2.05, 4.69) is 0 Å². The molecule has 2 aliphatic rings. The number of piperidine rings is 1. The number of benzene rings is 2. The monoisotopic (exact) mass is 451 g/mol. The van der Waals surface area contributed by atoms with Crippen LogP contribution in [0, 0.1) is 18.7 Å². The Morgan fingerprint density at radius 2 is 1.91 bits per heavy atom. The van der Waals surface area contributed by atoms with E-state index in [1.165, 1.54) is 12.1 Å². The summed E-state index contributed by atoms with van der Waals surface area (Å²) in [6.45, 7) is 5.67. The van der Waals surface area contributed by atoms with Gasteiger partial charge < -0.3 is 4.74 Å². The van der Waals surface area contributed by atoms with Crippen molar-refractivity contribution in [2.24, 2.45) is 11.0 Å². The summed E-state index contributed by atoms with van der Waals surface area (Å²) in [5, 5.41) is 6.27. The lowest BCUT2D eigenvalue weighted by Gasteiger charge is -2.32. The van der Waals surface area contributed by atoms with Crippen molar-refractivity contribution < 1.29 is 18.7 Å². The number of rotatable bonds is 6. The molecule has 174 valence electrons. The van der Waals surface area contributed by atoms with Crippen molar-refractivity contribution in [1.82, 2.24) is 9.91 Å². The first-order valence-corrected chi connectivity index (χ1v) is 11.6. The second kappa shape index (κ2) is 10.3. The number of amides is 1. The van der Waals surface area contributed by atoms with Crippen LogP contribution in [0.1, 0.15) is 48.9 Å². The molecule has 0 N–H and O–H groups in total. The Balaban J connectivity index is 1.55. The number of esters is 1. The van der Waals surface area contributed by atoms with Crippen molar-refractivity contribution in [3.05, 3.63) is 71.0 Å². The molecule has 7 heteroatoms. The van der Waals surface area contributed by atoms with Gasteiger partial charge in [0.25, 0.3) is 5.91 Å². The Morgan fingerprint density at radius 3 is 2.64 bits per heavy atom. The van der Waals surface area contributed by atoms with E-state index in [4.69, 9.17) is 9.84 Å². The van der Waals surface area contributed by atoms with Crippen LogP contribution in [0.4, 0.5) is 4.39 Å². The lowest BCUT2D eigenvalue weighted by Crippen LogP contribution is -2.44. The first kappa shape index (κ1) is 23.1. The molecule has 2 atom stereocenters. The maximum atomic E-state index is 13.4. The van der Waals surface area contributed by atoms with Gasteiger partial charge in [0.15, 0.2) is 0 Å². The molecule has 0 unspecified atom stereocenters. The molecule has 1 saturated heterocycles. The number of halogens is 1. The normalized spacial score (nSPS) is 21.1. The highest BCUT2D eigenvalue weighted by Crippen LogP contribution is 2.34. The Hall–Kier alpha value is -3.06. The fourth-order valence-corrected chi connectivity index (χ4v) is 4.68. The topological polar surface area (TPSA) is 62.2 Å². The minimum Gasteiger partial charge on any atom is -0.466 e. The highest BCUT2D eigenvalue weighted by Gasteiger charge is 2.35. The standard InChI is InChI=1S/C26H30FN3O3/c1-3-33-26(32)20-8-6-14-29(16-20)17-25(31)30-24(22-9-5-4-7-18(22)2)15-23(28-30)19-10-12-21(27)13-11-19/h4-5,7,9-13,20,24H,3,6,8,14-17H2,1-2H3/t20-,24-/m1/s1. The molecule has 4 rings (SSSR count). The van der Waals surface area contributed by atoms with Crippen molar-refractivity contribution in [3.63, 3.8) is 0 Å². The second-order valence-corrected chi connectivity index (χ2v) is 8.69. The SMILES string of the molecule is CCOC(=O)[C@@H]1CCCN(CC(=O)N2N=C(c3ccc(F)cc3)C[C@@H]2c2ccccc2C)C1. The highest BCUT2D eigenvalue weighted by molar-refractivity contribution is 6.03. The summed E-state index contributed by atoms with van der Waals surface area (Å²) < 4.78 is 18.6. The minimum absolute atomic E-state index is 0.107. The van der Waals surface area contributed by atoms with Crippen molar-refractivity contribution in [3.8, 4) is 0 Å². The molecule has 2 aromatic rings. The number of ether oxygens (including phenoxy) is 1. The Labute approximate surface area is 194 Å². The predicted octanol–water partition coefficient (Wildman–Crippen LogP) is 4.09. The van der Waals surface area contributed by atoms with Crippen LogP contribution < -0.4 is 0 Å². The van der Waals surface area contributed by atoms with Crippen LogP contribution in [0.5, 0.6) is 0 Å². The van der Waals surface area contributed by atoms with E-state index in [0.29, 0.717) is 19.6 Å². The highest BCUT2D eigenvalue weighted by atomic mass is 19.1. The van der Waals surface area contributed by atoms with Crippen molar-refractivity contribution in [2.75, 3.05) is 26.2 Å². The van der Waals surface area contributed by atoms with Gasteiger partial charge in [0.1, 0.15) is 5.82 Å². The molecular weight excluding hydrogens is 421 g/mol. The van der Waals surface area contributed by atoms with Crippen LogP contribution >= 0.6 is 0 Å². The summed E-state index contributed by atoms with van der Waals surface area (Å²) in [5.74, 6) is -0.799. The van der Waals surface area contributed by atoms with Crippen LogP contribution in [0.15, 0.2) is 53.6 Å². The molecule has 0 aliphatic carbocycles. The molecular formula is C26H30FN3O3. The number of nitrogens with zero attached hydrogens (tertiary/aromatic N) is 3. The van der Waals surface area contributed by atoms with Crippen molar-refractivity contribution in [1.29, 1.82) is 0 Å². The molecule has 0 radical (unpaired) electrons. The zero-order chi connectivity index (χ0) is 23.4. The molecule has 2 aliphatic heterocycles. The van der Waals surface area contributed by atoms with Gasteiger partial charge in [-0.05, 0) is 62.1 Å². The number of carbonyl (C=O) groups is 2. The van der Waals surface area contributed by atoms with Crippen LogP contribution in [0.3, 0.4) is 0 Å². The Morgan fingerprint density at radius 1 is 1.15 bits per heavy atom. The molecule has 1 amide bonds. The zero-order valence-corrected chi connectivity index (χ0v) is 19.2. The number of hydrogen-bond donors (Lipinski definition) is 0. The lowest BCUT2D eigenvalue weighted by molar-refractivity contribution is -0.150. The minimum atomic E-state index is -0.304. The smallest absolute Gasteiger partial charge is 0.310 e. The number of hydrogen-bond acceptors (Lipinski definition) is 5. The van der Waals surface area contributed by atoms with Gasteiger partial charge in [0, 0.05) is 13.0 Å². The Kier molecular flexibility index (Phi) is 7.18. The van der Waals surface area contributed by atoms with Crippen molar-refractivity contribution in [2.45, 2.75) is 39.2 Å². The summed E-state index contributed by atoms with van der Waals surface area (Å²) >= 11 is 0. The largest absolute Gasteiger partial charge is 0.466 e. The molecule has 0 saturated carbocycles. The van der Waals surface area contributed by atoms with Gasteiger partial charge in [0.2, 0.25) is 0 Å². The average Bonchev–Trinajstić information content (AvgIpc) is 3.25. The van der Waals surface area contributed by atoms with Gasteiger partial charge in [-0.1, -0.05) is 36.4 Å². The fourth-order valence-electron chi connectivity index (χ4n) is 4.68. The van der Waals surface area contributed by atoms with E-state index in [1.54, 1.807) is 24.1 Å². The maximum Gasteiger partial charge on any atom is 0.310 e. The third kappa shape index (κ3) is 5.30. The average molecular weight is 452 g/mol. The van der Waals surface area contributed by atoms with Gasteiger partial charge in [0.05, 0.1) is 30.8 Å². The molecule has 1 fully saturated rings. The van der Waals surface area contributed by atoms with Gasteiger partial charge in [-0.25, -0.2) is 9.40 Å². The Bertz CT molecular complexity index is 1040. The molecule has 0 spiro atoms. The van der Waals surface area contributed by atoms with E-state index >= 15 is 0 Å². The van der Waals surface area contributed by atoms with Gasteiger partial charge in [-0.15, -0.1) is 0 Å². The first-order chi connectivity index (χ1) is 16.0. The van der Waals surface area contributed by atoms with Crippen LogP contribution in [0.2, 0.25) is 0 Å². The van der Waals surface area contributed by atoms with E-state index in [1.807, 2.05) is 36.1 Å². The quantitative estimate of drug-likeness (QED) is 0.621. The maximum absolute atomic E-state index is 13.4. The molecule has 6 nitrogen and oxygen atoms in total. The number of hydrazone groups is 1. The van der Waals surface area contributed by atoms with Crippen molar-refractivity contribution >= 4 is 17.6 Å². The molecule has 2 aromatic carbocycles. The molecule has 0 aromatic heterocycles. The number of likely N-dealkylation sites (tertiary alicyclic amines) is 1. The summed E-state index contributed by atoms with van der Waals surface area (Å²) in [4.78, 5) is 27.7. The van der Waals surface area contributed by atoms with Crippen LogP contribution in [-0.2, 0) is 14.3 Å². The summed E-state index contributed by atoms with van der Waals surface area (Å²) in [7, 11) is 0. The number of aryl methyl sites for hydroxylation is 1. The zero-order valence-electron chi connectivity index (χ0n) is 19.2. The fraction of sp³-hybridized carbons (Fsp3) is 0.423. The third-order valence-electron chi connectivity index (χ3n) is 6.38. The van der Waals surface area contributed by atoms with Gasteiger partial charge in [-0.2, -0.15) is 5.10 Å². The van der Waals surface area contributed by atoms with Crippen LogP contribution in [-0.4, -0.2) is 53.7 Å². The summed E-state index contributed by atoms with van der Waals surface area (Å²) in [6, 6.07) is 14.0. The van der Waals surface area contributed by atoms with E-state index in [-0.39, 0.29) is 36.2 Å². The molecule has 0 bridgehead atoms. The second-order valence-electron chi connectivity index (χ2n) is 8.69.